The van der Waals surface area contributed by atoms with Crippen LogP contribution in [-0.2, 0) is 14.2 Å². The van der Waals surface area contributed by atoms with Crippen LogP contribution in [-0.4, -0.2) is 32.9 Å². The maximum Gasteiger partial charge on any atom is 0.342 e. The molecule has 0 N–H and O–H groups in total. The van der Waals surface area contributed by atoms with Crippen LogP contribution in [0.25, 0.3) is 11.0 Å². The summed E-state index contributed by atoms with van der Waals surface area (Å²) in [5.74, 6) is 0.515. The van der Waals surface area contributed by atoms with E-state index in [1.807, 2.05) is 0 Å². The van der Waals surface area contributed by atoms with Crippen molar-refractivity contribution in [1.29, 1.82) is 0 Å². The summed E-state index contributed by atoms with van der Waals surface area (Å²) < 4.78 is 26.9. The fourth-order valence-corrected chi connectivity index (χ4v) is 2.31. The zero-order chi connectivity index (χ0) is 14.8. The lowest BCUT2D eigenvalue weighted by Crippen LogP contribution is -2.09. The van der Waals surface area contributed by atoms with E-state index in [2.05, 4.69) is 0 Å². The first-order valence-corrected chi connectivity index (χ1v) is 6.75. The third-order valence-electron chi connectivity index (χ3n) is 3.24. The lowest BCUT2D eigenvalue weighted by Gasteiger charge is -2.08. The molecule has 0 saturated carbocycles. The predicted molar refractivity (Wildman–Crippen MR) is 73.4 cm³/mol. The predicted octanol–water partition coefficient (Wildman–Crippen LogP) is 2.66. The second-order valence-electron chi connectivity index (χ2n) is 4.50. The van der Waals surface area contributed by atoms with Gasteiger partial charge in [-0.2, -0.15) is 0 Å². The van der Waals surface area contributed by atoms with Crippen molar-refractivity contribution in [3.63, 3.8) is 0 Å². The van der Waals surface area contributed by atoms with Crippen LogP contribution in [0.4, 0.5) is 0 Å². The molecule has 0 spiro atoms. The molecule has 0 bridgehead atoms. The topological polar surface area (TPSA) is 67.1 Å². The van der Waals surface area contributed by atoms with Gasteiger partial charge in [0.05, 0.1) is 26.9 Å². The van der Waals surface area contributed by atoms with E-state index in [1.54, 1.807) is 32.2 Å². The highest BCUT2D eigenvalue weighted by molar-refractivity contribution is 6.05. The minimum absolute atomic E-state index is 0.279. The molecule has 0 unspecified atom stereocenters. The van der Waals surface area contributed by atoms with Crippen LogP contribution in [0, 0.1) is 0 Å². The molecule has 0 amide bonds. The smallest absolute Gasteiger partial charge is 0.342 e. The summed E-state index contributed by atoms with van der Waals surface area (Å²) in [6, 6.07) is 5.25. The molecule has 2 heterocycles. The molecule has 0 atom stereocenters. The summed E-state index contributed by atoms with van der Waals surface area (Å²) in [6.07, 6.45) is -0.678. The summed E-state index contributed by atoms with van der Waals surface area (Å²) in [5.41, 5.74) is 0.894. The SMILES string of the molecule is CCOC(=O)c1c(C2OCCO2)oc2ccc(OC)cc12. The van der Waals surface area contributed by atoms with Crippen molar-refractivity contribution < 1.29 is 28.2 Å². The van der Waals surface area contributed by atoms with Crippen molar-refractivity contribution in [2.45, 2.75) is 13.2 Å². The highest BCUT2D eigenvalue weighted by Gasteiger charge is 2.31. The average Bonchev–Trinajstić information content (AvgIpc) is 3.13. The number of methoxy groups -OCH3 is 1. The van der Waals surface area contributed by atoms with Crippen LogP contribution in [0.15, 0.2) is 22.6 Å². The first-order chi connectivity index (χ1) is 10.2. The van der Waals surface area contributed by atoms with Crippen LogP contribution >= 0.6 is 0 Å². The Kier molecular flexibility index (Phi) is 3.81. The fourth-order valence-electron chi connectivity index (χ4n) is 2.31. The summed E-state index contributed by atoms with van der Waals surface area (Å²) >= 11 is 0. The van der Waals surface area contributed by atoms with Gasteiger partial charge in [0.1, 0.15) is 16.9 Å². The van der Waals surface area contributed by atoms with Gasteiger partial charge in [-0.05, 0) is 25.1 Å². The molecular formula is C15H16O6. The van der Waals surface area contributed by atoms with E-state index in [0.29, 0.717) is 41.3 Å². The van der Waals surface area contributed by atoms with Gasteiger partial charge in [0.2, 0.25) is 6.29 Å². The van der Waals surface area contributed by atoms with Gasteiger partial charge < -0.3 is 23.4 Å². The van der Waals surface area contributed by atoms with E-state index < -0.39 is 12.3 Å². The number of benzene rings is 1. The number of hydrogen-bond acceptors (Lipinski definition) is 6. The van der Waals surface area contributed by atoms with Crippen LogP contribution in [0.5, 0.6) is 5.75 Å². The molecule has 6 nitrogen and oxygen atoms in total. The summed E-state index contributed by atoms with van der Waals surface area (Å²) in [5, 5.41) is 0.627. The van der Waals surface area contributed by atoms with E-state index in [9.17, 15) is 4.79 Å². The molecule has 0 radical (unpaired) electrons. The summed E-state index contributed by atoms with van der Waals surface area (Å²) in [7, 11) is 1.56. The van der Waals surface area contributed by atoms with Gasteiger partial charge in [0.15, 0.2) is 5.76 Å². The van der Waals surface area contributed by atoms with Gasteiger partial charge >= 0.3 is 5.97 Å². The highest BCUT2D eigenvalue weighted by atomic mass is 16.7. The van der Waals surface area contributed by atoms with Gasteiger partial charge in [-0.25, -0.2) is 4.79 Å². The number of carbonyl (C=O) groups excluding carboxylic acids is 1. The molecule has 1 aromatic carbocycles. The third-order valence-corrected chi connectivity index (χ3v) is 3.24. The number of hydrogen-bond donors (Lipinski definition) is 0. The maximum atomic E-state index is 12.3. The van der Waals surface area contributed by atoms with E-state index in [0.717, 1.165) is 0 Å². The van der Waals surface area contributed by atoms with Crippen LogP contribution in [0.1, 0.15) is 29.3 Å². The molecule has 0 aliphatic carbocycles. The van der Waals surface area contributed by atoms with Crippen LogP contribution in [0.3, 0.4) is 0 Å². The van der Waals surface area contributed by atoms with Crippen molar-refractivity contribution >= 4 is 16.9 Å². The van der Waals surface area contributed by atoms with Gasteiger partial charge in [-0.15, -0.1) is 0 Å². The standard InChI is InChI=1S/C15H16O6/c1-3-18-14(16)12-10-8-9(17-2)4-5-11(10)21-13(12)15-19-6-7-20-15/h4-5,8,15H,3,6-7H2,1-2H3. The lowest BCUT2D eigenvalue weighted by atomic mass is 10.1. The molecule has 3 rings (SSSR count). The van der Waals surface area contributed by atoms with Crippen LogP contribution in [0.2, 0.25) is 0 Å². The van der Waals surface area contributed by atoms with Gasteiger partial charge in [0, 0.05) is 5.39 Å². The molecule has 6 heteroatoms. The van der Waals surface area contributed by atoms with Crippen molar-refractivity contribution in [1.82, 2.24) is 0 Å². The van der Waals surface area contributed by atoms with Crippen molar-refractivity contribution in [3.05, 3.63) is 29.5 Å². The number of fused-ring (bicyclic) bond motifs is 1. The molecule has 21 heavy (non-hydrogen) atoms. The fraction of sp³-hybridized carbons (Fsp3) is 0.400. The van der Waals surface area contributed by atoms with E-state index in [4.69, 9.17) is 23.4 Å². The number of ether oxygens (including phenoxy) is 4. The molecule has 1 fully saturated rings. The monoisotopic (exact) mass is 292 g/mol. The Morgan fingerprint density at radius 3 is 2.76 bits per heavy atom. The second-order valence-corrected chi connectivity index (χ2v) is 4.50. The largest absolute Gasteiger partial charge is 0.497 e. The number of esters is 1. The summed E-state index contributed by atoms with van der Waals surface area (Å²) in [4.78, 5) is 12.3. The highest BCUT2D eigenvalue weighted by Crippen LogP contribution is 2.36. The molecule has 112 valence electrons. The van der Waals surface area contributed by atoms with E-state index in [1.165, 1.54) is 0 Å². The Bertz CT molecular complexity index is 653. The van der Waals surface area contributed by atoms with Crippen molar-refractivity contribution in [2.24, 2.45) is 0 Å². The van der Waals surface area contributed by atoms with Gasteiger partial charge in [0.25, 0.3) is 0 Å². The van der Waals surface area contributed by atoms with Crippen molar-refractivity contribution in [3.8, 4) is 5.75 Å². The van der Waals surface area contributed by atoms with E-state index >= 15 is 0 Å². The first kappa shape index (κ1) is 13.9. The Balaban J connectivity index is 2.15. The quantitative estimate of drug-likeness (QED) is 0.807. The molecule has 1 aliphatic rings. The normalized spacial score (nSPS) is 15.5. The number of rotatable bonds is 4. The summed E-state index contributed by atoms with van der Waals surface area (Å²) in [6.45, 7) is 2.96. The minimum Gasteiger partial charge on any atom is -0.497 e. The zero-order valence-electron chi connectivity index (χ0n) is 11.9. The number of furan rings is 1. The first-order valence-electron chi connectivity index (χ1n) is 6.75. The Morgan fingerprint density at radius 2 is 2.10 bits per heavy atom. The third kappa shape index (κ3) is 2.48. The van der Waals surface area contributed by atoms with Gasteiger partial charge in [-0.1, -0.05) is 0 Å². The molecule has 2 aromatic rings. The van der Waals surface area contributed by atoms with Crippen LogP contribution < -0.4 is 4.74 Å². The Hall–Kier alpha value is -2.05. The minimum atomic E-state index is -0.678. The average molecular weight is 292 g/mol. The Labute approximate surface area is 121 Å². The Morgan fingerprint density at radius 1 is 1.33 bits per heavy atom. The van der Waals surface area contributed by atoms with Crippen molar-refractivity contribution in [2.75, 3.05) is 26.9 Å². The maximum absolute atomic E-state index is 12.3. The molecule has 1 aromatic heterocycles. The molecular weight excluding hydrogens is 276 g/mol. The number of carbonyl (C=O) groups is 1. The second kappa shape index (κ2) is 5.75. The zero-order valence-corrected chi connectivity index (χ0v) is 11.9. The van der Waals surface area contributed by atoms with Gasteiger partial charge in [-0.3, -0.25) is 0 Å². The molecule has 1 aliphatic heterocycles. The van der Waals surface area contributed by atoms with E-state index in [-0.39, 0.29) is 6.61 Å². The molecule has 1 saturated heterocycles. The lowest BCUT2D eigenvalue weighted by molar-refractivity contribution is -0.0588.